The number of rotatable bonds is 5. The zero-order valence-corrected chi connectivity index (χ0v) is 17.4. The lowest BCUT2D eigenvalue weighted by atomic mass is 9.83. The van der Waals surface area contributed by atoms with E-state index < -0.39 is 11.9 Å². The minimum atomic E-state index is -0.501. The van der Waals surface area contributed by atoms with E-state index in [0.29, 0.717) is 39.8 Å². The van der Waals surface area contributed by atoms with Crippen molar-refractivity contribution < 1.29 is 28.5 Å². The largest absolute Gasteiger partial charge is 0.493 e. The number of ether oxygens (including phenoxy) is 4. The first-order valence-electron chi connectivity index (χ1n) is 9.58. The van der Waals surface area contributed by atoms with Crippen LogP contribution >= 0.6 is 0 Å². The highest BCUT2D eigenvalue weighted by Gasteiger charge is 2.44. The SMILES string of the molecule is COc1ccc(C2CC(=O)N(c3ccc(C)cc3)C3=C2C(=O)OC3)c(OC)c1OC. The molecule has 2 aromatic carbocycles. The average molecular weight is 409 g/mol. The van der Waals surface area contributed by atoms with Gasteiger partial charge in [0.25, 0.3) is 0 Å². The molecule has 0 saturated heterocycles. The molecule has 7 heteroatoms. The van der Waals surface area contributed by atoms with Gasteiger partial charge in [-0.1, -0.05) is 23.8 Å². The fourth-order valence-electron chi connectivity index (χ4n) is 4.11. The van der Waals surface area contributed by atoms with Crippen LogP contribution in [0.2, 0.25) is 0 Å². The van der Waals surface area contributed by atoms with Gasteiger partial charge in [-0.2, -0.15) is 0 Å². The van der Waals surface area contributed by atoms with Crippen molar-refractivity contribution in [2.24, 2.45) is 0 Å². The van der Waals surface area contributed by atoms with Gasteiger partial charge in [-0.25, -0.2) is 4.79 Å². The Kier molecular flexibility index (Phi) is 5.11. The quantitative estimate of drug-likeness (QED) is 0.705. The molecule has 0 N–H and O–H groups in total. The van der Waals surface area contributed by atoms with Crippen LogP contribution in [0.4, 0.5) is 5.69 Å². The van der Waals surface area contributed by atoms with Gasteiger partial charge in [-0.3, -0.25) is 9.69 Å². The molecule has 156 valence electrons. The van der Waals surface area contributed by atoms with Crippen molar-refractivity contribution in [3.05, 3.63) is 58.8 Å². The lowest BCUT2D eigenvalue weighted by molar-refractivity contribution is -0.136. The van der Waals surface area contributed by atoms with Crippen LogP contribution in [-0.2, 0) is 14.3 Å². The summed E-state index contributed by atoms with van der Waals surface area (Å²) in [6.07, 6.45) is 0.105. The van der Waals surface area contributed by atoms with Crippen molar-refractivity contribution in [1.29, 1.82) is 0 Å². The van der Waals surface area contributed by atoms with Crippen molar-refractivity contribution in [2.45, 2.75) is 19.3 Å². The molecule has 1 atom stereocenters. The summed E-state index contributed by atoms with van der Waals surface area (Å²) in [6.45, 7) is 2.04. The van der Waals surface area contributed by atoms with E-state index in [1.165, 1.54) is 21.3 Å². The zero-order chi connectivity index (χ0) is 21.4. The van der Waals surface area contributed by atoms with Crippen molar-refractivity contribution in [2.75, 3.05) is 32.8 Å². The third-order valence-corrected chi connectivity index (χ3v) is 5.52. The number of methoxy groups -OCH3 is 3. The lowest BCUT2D eigenvalue weighted by Gasteiger charge is -2.32. The Labute approximate surface area is 174 Å². The number of hydrogen-bond donors (Lipinski definition) is 0. The maximum Gasteiger partial charge on any atom is 0.336 e. The Balaban J connectivity index is 1.86. The predicted molar refractivity (Wildman–Crippen MR) is 110 cm³/mol. The molecule has 0 aliphatic carbocycles. The van der Waals surface area contributed by atoms with Crippen molar-refractivity contribution in [3.63, 3.8) is 0 Å². The molecule has 1 amide bonds. The van der Waals surface area contributed by atoms with E-state index in [2.05, 4.69) is 0 Å². The Morgan fingerprint density at radius 3 is 2.27 bits per heavy atom. The molecule has 0 spiro atoms. The minimum Gasteiger partial charge on any atom is -0.493 e. The smallest absolute Gasteiger partial charge is 0.336 e. The van der Waals surface area contributed by atoms with E-state index in [4.69, 9.17) is 18.9 Å². The van der Waals surface area contributed by atoms with E-state index in [1.54, 1.807) is 17.0 Å². The highest BCUT2D eigenvalue weighted by atomic mass is 16.5. The third-order valence-electron chi connectivity index (χ3n) is 5.52. The van der Waals surface area contributed by atoms with Crippen molar-refractivity contribution >= 4 is 17.6 Å². The molecule has 1 unspecified atom stereocenters. The van der Waals surface area contributed by atoms with Crippen LogP contribution in [0, 0.1) is 6.92 Å². The Morgan fingerprint density at radius 1 is 0.933 bits per heavy atom. The molecular formula is C23H23NO6. The van der Waals surface area contributed by atoms with Crippen LogP contribution in [0.25, 0.3) is 0 Å². The fraction of sp³-hybridized carbons (Fsp3) is 0.304. The maximum atomic E-state index is 13.2. The first kappa shape index (κ1) is 19.8. The molecule has 7 nitrogen and oxygen atoms in total. The standard InChI is InChI=1S/C23H23NO6/c1-13-5-7-14(8-6-13)24-17-12-30-23(26)20(17)16(11-19(24)25)15-9-10-18(27-2)22(29-4)21(15)28-3/h5-10,16H,11-12H2,1-4H3. The monoisotopic (exact) mass is 409 g/mol. The van der Waals surface area contributed by atoms with E-state index in [9.17, 15) is 9.59 Å². The van der Waals surface area contributed by atoms with Crippen LogP contribution in [0.15, 0.2) is 47.7 Å². The number of esters is 1. The number of amides is 1. The third kappa shape index (κ3) is 3.07. The number of hydrogen-bond acceptors (Lipinski definition) is 6. The van der Waals surface area contributed by atoms with Gasteiger partial charge in [0.2, 0.25) is 11.7 Å². The van der Waals surface area contributed by atoms with Crippen LogP contribution < -0.4 is 19.1 Å². The summed E-state index contributed by atoms with van der Waals surface area (Å²) in [6, 6.07) is 11.2. The highest BCUT2D eigenvalue weighted by molar-refractivity contribution is 6.06. The van der Waals surface area contributed by atoms with E-state index in [-0.39, 0.29) is 18.9 Å². The molecule has 0 bridgehead atoms. The molecule has 2 aliphatic heterocycles. The second kappa shape index (κ2) is 7.74. The summed E-state index contributed by atoms with van der Waals surface area (Å²) in [5.74, 6) is 0.322. The Bertz CT molecular complexity index is 1040. The molecule has 0 fully saturated rings. The normalized spacial score (nSPS) is 18.3. The number of carbonyl (C=O) groups is 2. The summed E-state index contributed by atoms with van der Waals surface area (Å²) in [4.78, 5) is 27.5. The summed E-state index contributed by atoms with van der Waals surface area (Å²) in [7, 11) is 4.58. The summed E-state index contributed by atoms with van der Waals surface area (Å²) in [5, 5.41) is 0. The number of benzene rings is 2. The Hall–Kier alpha value is -3.48. The lowest BCUT2D eigenvalue weighted by Crippen LogP contribution is -2.37. The van der Waals surface area contributed by atoms with Crippen LogP contribution in [0.3, 0.4) is 0 Å². The maximum absolute atomic E-state index is 13.2. The molecule has 4 rings (SSSR count). The van der Waals surface area contributed by atoms with Gasteiger partial charge in [0.1, 0.15) is 6.61 Å². The van der Waals surface area contributed by atoms with Gasteiger partial charge in [-0.15, -0.1) is 0 Å². The van der Waals surface area contributed by atoms with Crippen LogP contribution in [-0.4, -0.2) is 39.8 Å². The molecular weight excluding hydrogens is 386 g/mol. The van der Waals surface area contributed by atoms with Crippen molar-refractivity contribution in [1.82, 2.24) is 0 Å². The van der Waals surface area contributed by atoms with E-state index >= 15 is 0 Å². The summed E-state index contributed by atoms with van der Waals surface area (Å²) < 4.78 is 21.8. The number of anilines is 1. The topological polar surface area (TPSA) is 74.3 Å². The number of cyclic esters (lactones) is 1. The molecule has 2 aliphatic rings. The number of nitrogens with zero attached hydrogens (tertiary/aromatic N) is 1. The molecule has 30 heavy (non-hydrogen) atoms. The molecule has 0 aromatic heterocycles. The van der Waals surface area contributed by atoms with Gasteiger partial charge >= 0.3 is 5.97 Å². The van der Waals surface area contributed by atoms with Gasteiger partial charge in [0.05, 0.1) is 32.6 Å². The first-order valence-corrected chi connectivity index (χ1v) is 9.58. The van der Waals surface area contributed by atoms with Crippen molar-refractivity contribution in [3.8, 4) is 17.2 Å². The summed E-state index contributed by atoms with van der Waals surface area (Å²) in [5.41, 5.74) is 3.53. The fourth-order valence-corrected chi connectivity index (χ4v) is 4.11. The van der Waals surface area contributed by atoms with Gasteiger partial charge in [0.15, 0.2) is 11.5 Å². The Morgan fingerprint density at radius 2 is 1.63 bits per heavy atom. The van der Waals surface area contributed by atoms with Gasteiger partial charge in [0, 0.05) is 23.6 Å². The molecule has 2 aromatic rings. The summed E-state index contributed by atoms with van der Waals surface area (Å²) >= 11 is 0. The van der Waals surface area contributed by atoms with E-state index in [0.717, 1.165) is 5.56 Å². The van der Waals surface area contributed by atoms with Crippen LogP contribution in [0.1, 0.15) is 23.5 Å². The molecule has 2 heterocycles. The second-order valence-corrected chi connectivity index (χ2v) is 7.18. The number of aryl methyl sites for hydroxylation is 1. The molecule has 0 radical (unpaired) electrons. The van der Waals surface area contributed by atoms with E-state index in [1.807, 2.05) is 31.2 Å². The predicted octanol–water partition coefficient (Wildman–Crippen LogP) is 3.35. The molecule has 0 saturated carbocycles. The zero-order valence-electron chi connectivity index (χ0n) is 17.4. The van der Waals surface area contributed by atoms with Gasteiger partial charge in [-0.05, 0) is 25.1 Å². The second-order valence-electron chi connectivity index (χ2n) is 7.18. The highest BCUT2D eigenvalue weighted by Crippen LogP contribution is 2.49. The average Bonchev–Trinajstić information content (AvgIpc) is 3.14. The van der Waals surface area contributed by atoms with Gasteiger partial charge < -0.3 is 18.9 Å². The first-order chi connectivity index (χ1) is 14.5. The number of carbonyl (C=O) groups excluding carboxylic acids is 2. The van der Waals surface area contributed by atoms with Crippen LogP contribution in [0.5, 0.6) is 17.2 Å². The minimum absolute atomic E-state index is 0.0554.